The Labute approximate surface area is 102 Å². The number of carbonyl (C=O) groups excluding carboxylic acids is 1. The van der Waals surface area contributed by atoms with Crippen molar-refractivity contribution in [2.45, 2.75) is 26.7 Å². The third-order valence-electron chi connectivity index (χ3n) is 2.84. The number of methoxy groups -OCH3 is 1. The molecule has 0 saturated carbocycles. The summed E-state index contributed by atoms with van der Waals surface area (Å²) in [5, 5.41) is 1.11. The Morgan fingerprint density at radius 2 is 2.00 bits per heavy atom. The second kappa shape index (κ2) is 5.19. The van der Waals surface area contributed by atoms with Crippen LogP contribution in [0.3, 0.4) is 0 Å². The van der Waals surface area contributed by atoms with Crippen molar-refractivity contribution < 1.29 is 9.53 Å². The molecular formula is C13H20N2O2. The van der Waals surface area contributed by atoms with Crippen LogP contribution in [-0.4, -0.2) is 25.1 Å². The zero-order valence-corrected chi connectivity index (χ0v) is 11.1. The molecule has 0 radical (unpaired) electrons. The number of benzene rings is 1. The summed E-state index contributed by atoms with van der Waals surface area (Å²) in [4.78, 5) is 11.9. The molecule has 94 valence electrons. The van der Waals surface area contributed by atoms with Gasteiger partial charge in [0.2, 0.25) is 5.91 Å². The molecule has 2 N–H and O–H groups in total. The van der Waals surface area contributed by atoms with E-state index in [1.807, 2.05) is 32.9 Å². The van der Waals surface area contributed by atoms with Crippen LogP contribution in [-0.2, 0) is 4.79 Å². The standard InChI is InChI=1S/C13H20N2O2/c1-8-6-9(2)12(17-5)11(7-8)10(3)13(16)15(4)14/h6-7,10H,14H2,1-5H3. The van der Waals surface area contributed by atoms with Crippen LogP contribution in [0, 0.1) is 13.8 Å². The van der Waals surface area contributed by atoms with Gasteiger partial charge >= 0.3 is 0 Å². The summed E-state index contributed by atoms with van der Waals surface area (Å²) in [5.41, 5.74) is 3.02. The largest absolute Gasteiger partial charge is 0.496 e. The maximum Gasteiger partial charge on any atom is 0.243 e. The molecule has 0 aliphatic carbocycles. The highest BCUT2D eigenvalue weighted by molar-refractivity contribution is 5.83. The van der Waals surface area contributed by atoms with Crippen molar-refractivity contribution in [3.05, 3.63) is 28.8 Å². The average Bonchev–Trinajstić information content (AvgIpc) is 2.25. The molecule has 0 fully saturated rings. The molecule has 4 heteroatoms. The minimum atomic E-state index is -0.307. The van der Waals surface area contributed by atoms with E-state index in [0.717, 1.165) is 27.4 Å². The molecule has 1 rings (SSSR count). The van der Waals surface area contributed by atoms with E-state index in [1.54, 1.807) is 14.2 Å². The van der Waals surface area contributed by atoms with E-state index in [9.17, 15) is 4.79 Å². The first-order valence-corrected chi connectivity index (χ1v) is 5.55. The number of aryl methyl sites for hydroxylation is 2. The van der Waals surface area contributed by atoms with Crippen LogP contribution in [0.2, 0.25) is 0 Å². The molecule has 0 aromatic heterocycles. The van der Waals surface area contributed by atoms with E-state index in [1.165, 1.54) is 0 Å². The van der Waals surface area contributed by atoms with Gasteiger partial charge in [-0.05, 0) is 26.3 Å². The van der Waals surface area contributed by atoms with Crippen LogP contribution >= 0.6 is 0 Å². The average molecular weight is 236 g/mol. The van der Waals surface area contributed by atoms with Crippen LogP contribution in [0.15, 0.2) is 12.1 Å². The van der Waals surface area contributed by atoms with Crippen molar-refractivity contribution in [3.63, 3.8) is 0 Å². The molecule has 0 aliphatic heterocycles. The smallest absolute Gasteiger partial charge is 0.243 e. The van der Waals surface area contributed by atoms with Gasteiger partial charge in [0.25, 0.3) is 0 Å². The first-order valence-electron chi connectivity index (χ1n) is 5.55. The van der Waals surface area contributed by atoms with Crippen molar-refractivity contribution in [1.29, 1.82) is 0 Å². The highest BCUT2D eigenvalue weighted by Crippen LogP contribution is 2.31. The maximum atomic E-state index is 11.9. The third-order valence-corrected chi connectivity index (χ3v) is 2.84. The first kappa shape index (κ1) is 13.5. The number of likely N-dealkylation sites (N-methyl/N-ethyl adjacent to an activating group) is 1. The molecule has 4 nitrogen and oxygen atoms in total. The normalized spacial score (nSPS) is 12.1. The van der Waals surface area contributed by atoms with Crippen molar-refractivity contribution in [2.24, 2.45) is 5.84 Å². The Morgan fingerprint density at radius 1 is 1.41 bits per heavy atom. The lowest BCUT2D eigenvalue weighted by molar-refractivity contribution is -0.131. The Morgan fingerprint density at radius 3 is 2.47 bits per heavy atom. The van der Waals surface area contributed by atoms with Crippen molar-refractivity contribution in [3.8, 4) is 5.75 Å². The molecule has 1 unspecified atom stereocenters. The number of nitrogens with two attached hydrogens (primary N) is 1. The number of hydrogen-bond acceptors (Lipinski definition) is 3. The summed E-state index contributed by atoms with van der Waals surface area (Å²) in [7, 11) is 3.17. The molecule has 1 atom stereocenters. The minimum Gasteiger partial charge on any atom is -0.496 e. The van der Waals surface area contributed by atoms with Gasteiger partial charge in [0.15, 0.2) is 0 Å². The van der Waals surface area contributed by atoms with Crippen molar-refractivity contribution in [1.82, 2.24) is 5.01 Å². The molecule has 1 aromatic rings. The second-order valence-electron chi connectivity index (χ2n) is 4.38. The fraction of sp³-hybridized carbons (Fsp3) is 0.462. The van der Waals surface area contributed by atoms with Crippen LogP contribution in [0.25, 0.3) is 0 Å². The summed E-state index contributed by atoms with van der Waals surface area (Å²) in [6.07, 6.45) is 0. The molecule has 0 aliphatic rings. The Bertz CT molecular complexity index is 428. The van der Waals surface area contributed by atoms with E-state index in [4.69, 9.17) is 10.6 Å². The first-order chi connectivity index (χ1) is 7.88. The lowest BCUT2D eigenvalue weighted by Crippen LogP contribution is -2.36. The van der Waals surface area contributed by atoms with E-state index in [-0.39, 0.29) is 11.8 Å². The summed E-state index contributed by atoms with van der Waals surface area (Å²) < 4.78 is 5.37. The lowest BCUT2D eigenvalue weighted by Gasteiger charge is -2.20. The molecule has 1 amide bonds. The summed E-state index contributed by atoms with van der Waals surface area (Å²) in [6.45, 7) is 5.81. The van der Waals surface area contributed by atoms with E-state index >= 15 is 0 Å². The molecule has 0 spiro atoms. The number of ether oxygens (including phenoxy) is 1. The summed E-state index contributed by atoms with van der Waals surface area (Å²) in [5.74, 6) is 5.81. The van der Waals surface area contributed by atoms with E-state index in [2.05, 4.69) is 0 Å². The van der Waals surface area contributed by atoms with Gasteiger partial charge in [-0.2, -0.15) is 0 Å². The lowest BCUT2D eigenvalue weighted by atomic mass is 9.95. The van der Waals surface area contributed by atoms with Crippen LogP contribution in [0.1, 0.15) is 29.5 Å². The predicted octanol–water partition coefficient (Wildman–Crippen LogP) is 1.75. The van der Waals surface area contributed by atoms with Gasteiger partial charge in [-0.1, -0.05) is 17.7 Å². The number of rotatable bonds is 3. The zero-order chi connectivity index (χ0) is 13.2. The molecule has 0 bridgehead atoms. The molecule has 17 heavy (non-hydrogen) atoms. The van der Waals surface area contributed by atoms with Crippen LogP contribution in [0.5, 0.6) is 5.75 Å². The van der Waals surface area contributed by atoms with Gasteiger partial charge < -0.3 is 4.74 Å². The SMILES string of the molecule is COc1c(C)cc(C)cc1C(C)C(=O)N(C)N. The molecular weight excluding hydrogens is 216 g/mol. The Balaban J connectivity index is 3.25. The second-order valence-corrected chi connectivity index (χ2v) is 4.38. The van der Waals surface area contributed by atoms with Gasteiger partial charge in [0.1, 0.15) is 5.75 Å². The number of hydrazine groups is 1. The van der Waals surface area contributed by atoms with Crippen LogP contribution in [0.4, 0.5) is 0 Å². The van der Waals surface area contributed by atoms with Gasteiger partial charge in [-0.25, -0.2) is 5.84 Å². The van der Waals surface area contributed by atoms with Gasteiger partial charge in [-0.3, -0.25) is 9.80 Å². The fourth-order valence-electron chi connectivity index (χ4n) is 2.03. The summed E-state index contributed by atoms with van der Waals surface area (Å²) >= 11 is 0. The van der Waals surface area contributed by atoms with Gasteiger partial charge in [0.05, 0.1) is 13.0 Å². The molecule has 0 heterocycles. The molecule has 0 saturated heterocycles. The maximum absolute atomic E-state index is 11.9. The zero-order valence-electron chi connectivity index (χ0n) is 11.1. The monoisotopic (exact) mass is 236 g/mol. The number of nitrogens with zero attached hydrogens (tertiary/aromatic N) is 1. The minimum absolute atomic E-state index is 0.131. The highest BCUT2D eigenvalue weighted by atomic mass is 16.5. The number of amides is 1. The van der Waals surface area contributed by atoms with E-state index < -0.39 is 0 Å². The Kier molecular flexibility index (Phi) is 4.12. The highest BCUT2D eigenvalue weighted by Gasteiger charge is 2.22. The van der Waals surface area contributed by atoms with Gasteiger partial charge in [-0.15, -0.1) is 0 Å². The van der Waals surface area contributed by atoms with Crippen molar-refractivity contribution in [2.75, 3.05) is 14.2 Å². The number of carbonyl (C=O) groups is 1. The van der Waals surface area contributed by atoms with Gasteiger partial charge in [0, 0.05) is 12.6 Å². The Hall–Kier alpha value is -1.55. The predicted molar refractivity (Wildman–Crippen MR) is 67.8 cm³/mol. The van der Waals surface area contributed by atoms with E-state index in [0.29, 0.717) is 0 Å². The third kappa shape index (κ3) is 2.77. The van der Waals surface area contributed by atoms with Crippen LogP contribution < -0.4 is 10.6 Å². The van der Waals surface area contributed by atoms with Crippen molar-refractivity contribution >= 4 is 5.91 Å². The fourth-order valence-corrected chi connectivity index (χ4v) is 2.03. The summed E-state index contributed by atoms with van der Waals surface area (Å²) in [6, 6.07) is 4.00. The quantitative estimate of drug-likeness (QED) is 0.494. The molecule has 1 aromatic carbocycles. The topological polar surface area (TPSA) is 55.6 Å². The number of hydrogen-bond donors (Lipinski definition) is 1.